The molecule has 3 aromatic rings. The van der Waals surface area contributed by atoms with Crippen LogP contribution >= 0.6 is 12.4 Å². The van der Waals surface area contributed by atoms with Crippen molar-refractivity contribution in [1.29, 1.82) is 0 Å². The van der Waals surface area contributed by atoms with Crippen molar-refractivity contribution in [2.24, 2.45) is 0 Å². The molecule has 2 amide bonds. The Bertz CT molecular complexity index is 1230. The van der Waals surface area contributed by atoms with E-state index in [9.17, 15) is 19.7 Å². The molecule has 0 N–H and O–H groups in total. The van der Waals surface area contributed by atoms with Crippen LogP contribution in [0.3, 0.4) is 0 Å². The van der Waals surface area contributed by atoms with E-state index in [1.807, 2.05) is 37.3 Å². The second-order valence-electron chi connectivity index (χ2n) is 8.87. The van der Waals surface area contributed by atoms with Crippen LogP contribution in [0, 0.1) is 10.1 Å². The van der Waals surface area contributed by atoms with Crippen molar-refractivity contribution in [3.05, 3.63) is 87.6 Å². The van der Waals surface area contributed by atoms with Gasteiger partial charge < -0.3 is 14.3 Å². The van der Waals surface area contributed by atoms with Crippen LogP contribution in [0.2, 0.25) is 0 Å². The number of nitro groups is 1. The van der Waals surface area contributed by atoms with Crippen LogP contribution in [0.1, 0.15) is 41.0 Å². The highest BCUT2D eigenvalue weighted by atomic mass is 35.5. The van der Waals surface area contributed by atoms with E-state index in [1.54, 1.807) is 15.9 Å². The number of carbonyl (C=O) groups is 2. The maximum absolute atomic E-state index is 12.8. The van der Waals surface area contributed by atoms with Crippen molar-refractivity contribution in [2.75, 3.05) is 32.7 Å². The summed E-state index contributed by atoms with van der Waals surface area (Å²) < 4.78 is 5.36. The number of hydrogen-bond donors (Lipinski definition) is 0. The van der Waals surface area contributed by atoms with E-state index in [4.69, 9.17) is 4.52 Å². The molecule has 0 radical (unpaired) electrons. The van der Waals surface area contributed by atoms with E-state index in [2.05, 4.69) is 15.0 Å². The van der Waals surface area contributed by atoms with Crippen molar-refractivity contribution >= 4 is 29.9 Å². The lowest BCUT2D eigenvalue weighted by Gasteiger charge is -2.34. The fourth-order valence-corrected chi connectivity index (χ4v) is 4.25. The summed E-state index contributed by atoms with van der Waals surface area (Å²) >= 11 is 0. The Morgan fingerprint density at radius 1 is 1.08 bits per heavy atom. The van der Waals surface area contributed by atoms with Gasteiger partial charge in [0.2, 0.25) is 11.8 Å². The Morgan fingerprint density at radius 2 is 1.82 bits per heavy atom. The predicted molar refractivity (Wildman–Crippen MR) is 142 cm³/mol. The topological polar surface area (TPSA) is 126 Å². The van der Waals surface area contributed by atoms with Crippen LogP contribution in [0.25, 0.3) is 0 Å². The minimum atomic E-state index is -0.506. The van der Waals surface area contributed by atoms with Gasteiger partial charge >= 0.3 is 0 Å². The van der Waals surface area contributed by atoms with Gasteiger partial charge in [0.15, 0.2) is 5.82 Å². The van der Waals surface area contributed by atoms with Gasteiger partial charge in [0.05, 0.1) is 11.5 Å². The first-order valence-electron chi connectivity index (χ1n) is 12.3. The van der Waals surface area contributed by atoms with Gasteiger partial charge in [-0.05, 0) is 18.6 Å². The number of non-ortho nitro benzene ring substituents is 1. The molecule has 1 aliphatic heterocycles. The SMILES string of the molecule is CCN(Cc1ccccc1)C(=O)CCc1nc(CN2CCN(C(=O)c3cccc([N+](=O)[O-])c3)CC2)no1.Cl. The average molecular weight is 543 g/mol. The quantitative estimate of drug-likeness (QED) is 0.282. The van der Waals surface area contributed by atoms with Crippen molar-refractivity contribution in [1.82, 2.24) is 24.8 Å². The maximum atomic E-state index is 12.8. The summed E-state index contributed by atoms with van der Waals surface area (Å²) in [6, 6.07) is 15.7. The molecule has 202 valence electrons. The highest BCUT2D eigenvalue weighted by Gasteiger charge is 2.24. The van der Waals surface area contributed by atoms with E-state index in [0.717, 1.165) is 5.56 Å². The molecule has 0 spiro atoms. The number of aromatic nitrogens is 2. The summed E-state index contributed by atoms with van der Waals surface area (Å²) in [5.74, 6) is 0.787. The molecule has 1 aromatic heterocycles. The van der Waals surface area contributed by atoms with Crippen LogP contribution < -0.4 is 0 Å². The van der Waals surface area contributed by atoms with Crippen LogP contribution in [0.4, 0.5) is 5.69 Å². The highest BCUT2D eigenvalue weighted by Crippen LogP contribution is 2.16. The van der Waals surface area contributed by atoms with Crippen LogP contribution in [0.15, 0.2) is 59.1 Å². The minimum Gasteiger partial charge on any atom is -0.339 e. The number of nitrogens with zero attached hydrogens (tertiary/aromatic N) is 6. The molecule has 2 heterocycles. The molecular formula is C26H31ClN6O5. The van der Waals surface area contributed by atoms with Crippen LogP contribution in [0.5, 0.6) is 0 Å². The Balaban J connectivity index is 0.00000400. The lowest BCUT2D eigenvalue weighted by Crippen LogP contribution is -2.48. The third kappa shape index (κ3) is 7.59. The van der Waals surface area contributed by atoms with E-state index in [-0.39, 0.29) is 29.9 Å². The molecule has 0 atom stereocenters. The monoisotopic (exact) mass is 542 g/mol. The van der Waals surface area contributed by atoms with Gasteiger partial charge in [-0.2, -0.15) is 4.98 Å². The first-order valence-corrected chi connectivity index (χ1v) is 12.3. The highest BCUT2D eigenvalue weighted by molar-refractivity contribution is 5.94. The number of benzene rings is 2. The average Bonchev–Trinajstić information content (AvgIpc) is 3.38. The van der Waals surface area contributed by atoms with Gasteiger partial charge in [0.1, 0.15) is 0 Å². The van der Waals surface area contributed by atoms with Gasteiger partial charge in [-0.3, -0.25) is 24.6 Å². The summed E-state index contributed by atoms with van der Waals surface area (Å²) in [5, 5.41) is 15.0. The molecule has 1 saturated heterocycles. The summed E-state index contributed by atoms with van der Waals surface area (Å²) in [6.07, 6.45) is 0.670. The number of carbonyl (C=O) groups excluding carboxylic acids is 2. The minimum absolute atomic E-state index is 0. The van der Waals surface area contributed by atoms with E-state index >= 15 is 0 Å². The van der Waals surface area contributed by atoms with Crippen molar-refractivity contribution < 1.29 is 19.0 Å². The van der Waals surface area contributed by atoms with Gasteiger partial charge in [0, 0.05) is 69.8 Å². The smallest absolute Gasteiger partial charge is 0.270 e. The number of rotatable bonds is 10. The summed E-state index contributed by atoms with van der Waals surface area (Å²) in [4.78, 5) is 46.0. The normalized spacial score (nSPS) is 13.6. The van der Waals surface area contributed by atoms with Gasteiger partial charge in [-0.25, -0.2) is 0 Å². The maximum Gasteiger partial charge on any atom is 0.270 e. The summed E-state index contributed by atoms with van der Waals surface area (Å²) in [6.45, 7) is 5.86. The van der Waals surface area contributed by atoms with Crippen LogP contribution in [-0.2, 0) is 24.3 Å². The molecule has 2 aromatic carbocycles. The number of aryl methyl sites for hydroxylation is 1. The van der Waals surface area contributed by atoms with E-state index in [1.165, 1.54) is 18.2 Å². The second kappa shape index (κ2) is 13.6. The zero-order valence-electron chi connectivity index (χ0n) is 21.2. The Kier molecular flexibility index (Phi) is 10.3. The van der Waals surface area contributed by atoms with Crippen molar-refractivity contribution in [2.45, 2.75) is 32.9 Å². The van der Waals surface area contributed by atoms with Gasteiger partial charge in [-0.15, -0.1) is 12.4 Å². The van der Waals surface area contributed by atoms with Crippen molar-refractivity contribution in [3.8, 4) is 0 Å². The first-order chi connectivity index (χ1) is 17.9. The van der Waals surface area contributed by atoms with Gasteiger partial charge in [0.25, 0.3) is 11.6 Å². The largest absolute Gasteiger partial charge is 0.339 e. The number of amides is 2. The van der Waals surface area contributed by atoms with Crippen molar-refractivity contribution in [3.63, 3.8) is 0 Å². The predicted octanol–water partition coefficient (Wildman–Crippen LogP) is 3.34. The zero-order chi connectivity index (χ0) is 26.2. The molecule has 0 aliphatic carbocycles. The number of nitro benzene ring substituents is 1. The van der Waals surface area contributed by atoms with E-state index < -0.39 is 4.92 Å². The number of piperazine rings is 1. The molecule has 0 saturated carbocycles. The third-order valence-corrected chi connectivity index (χ3v) is 6.34. The first kappa shape index (κ1) is 28.7. The Morgan fingerprint density at radius 3 is 2.50 bits per heavy atom. The fourth-order valence-electron chi connectivity index (χ4n) is 4.25. The molecule has 38 heavy (non-hydrogen) atoms. The molecule has 1 fully saturated rings. The lowest BCUT2D eigenvalue weighted by molar-refractivity contribution is -0.384. The Labute approximate surface area is 227 Å². The molecule has 0 bridgehead atoms. The Hall–Kier alpha value is -3.83. The second-order valence-corrected chi connectivity index (χ2v) is 8.87. The molecular weight excluding hydrogens is 512 g/mol. The molecule has 11 nitrogen and oxygen atoms in total. The van der Waals surface area contributed by atoms with Gasteiger partial charge in [-0.1, -0.05) is 41.6 Å². The molecule has 12 heteroatoms. The molecule has 0 unspecified atom stereocenters. The summed E-state index contributed by atoms with van der Waals surface area (Å²) in [7, 11) is 0. The fraction of sp³-hybridized carbons (Fsp3) is 0.385. The standard InChI is InChI=1S/C26H30N6O5.ClH/c1-2-30(18-20-7-4-3-5-8-20)25(33)12-11-24-27-23(28-37-24)19-29-13-15-31(16-14-29)26(34)21-9-6-10-22(17-21)32(35)36;/h3-10,17H,2,11-16,18-19H2,1H3;1H. The lowest BCUT2D eigenvalue weighted by atomic mass is 10.1. The number of halogens is 1. The van der Waals surface area contributed by atoms with Crippen LogP contribution in [-0.4, -0.2) is 74.3 Å². The summed E-state index contributed by atoms with van der Waals surface area (Å²) in [5.41, 5.74) is 1.30. The van der Waals surface area contributed by atoms with E-state index in [0.29, 0.717) is 75.9 Å². The number of hydrogen-bond acceptors (Lipinski definition) is 8. The molecule has 1 aliphatic rings. The molecule has 4 rings (SSSR count). The zero-order valence-corrected chi connectivity index (χ0v) is 22.0. The third-order valence-electron chi connectivity index (χ3n) is 6.34.